The lowest BCUT2D eigenvalue weighted by Crippen LogP contribution is -2.55. The molecule has 1 aliphatic rings. The number of amides is 3. The van der Waals surface area contributed by atoms with E-state index in [2.05, 4.69) is 28.9 Å². The van der Waals surface area contributed by atoms with Gasteiger partial charge in [0.05, 0.1) is 18.1 Å². The number of benzene rings is 1. The van der Waals surface area contributed by atoms with Crippen molar-refractivity contribution in [2.45, 2.75) is 97.4 Å². The summed E-state index contributed by atoms with van der Waals surface area (Å²) in [4.78, 5) is 52.6. The minimum Gasteiger partial charge on any atom is -0.460 e. The molecule has 1 saturated heterocycles. The van der Waals surface area contributed by atoms with Crippen LogP contribution in [0, 0.1) is 23.2 Å². The smallest absolute Gasteiger partial charge is 0.329 e. The van der Waals surface area contributed by atoms with Crippen molar-refractivity contribution in [1.29, 1.82) is 5.26 Å². The Morgan fingerprint density at radius 3 is 2.38 bits per heavy atom. The van der Waals surface area contributed by atoms with E-state index >= 15 is 0 Å². The predicted octanol–water partition coefficient (Wildman–Crippen LogP) is 2.76. The van der Waals surface area contributed by atoms with E-state index in [1.54, 1.807) is 24.3 Å². The Bertz CT molecular complexity index is 1000. The molecule has 6 atom stereocenters. The number of nitriles is 1. The van der Waals surface area contributed by atoms with Gasteiger partial charge in [0.2, 0.25) is 17.7 Å². The number of carbonyl (C=O) groups excluding carboxylic acids is 4. The van der Waals surface area contributed by atoms with E-state index in [1.807, 2.05) is 20.8 Å². The zero-order valence-corrected chi connectivity index (χ0v) is 22.5. The molecule has 1 heterocycles. The van der Waals surface area contributed by atoms with Crippen molar-refractivity contribution in [2.24, 2.45) is 11.8 Å². The quantitative estimate of drug-likeness (QED) is 0.458. The van der Waals surface area contributed by atoms with E-state index in [0.717, 1.165) is 19.3 Å². The largest absolute Gasteiger partial charge is 0.460 e. The van der Waals surface area contributed by atoms with Gasteiger partial charge in [0.25, 0.3) is 0 Å². The molecule has 3 N–H and O–H groups in total. The second-order valence-electron chi connectivity index (χ2n) is 9.99. The molecule has 1 aromatic rings. The van der Waals surface area contributed by atoms with Gasteiger partial charge in [0, 0.05) is 6.42 Å². The highest BCUT2D eigenvalue weighted by Gasteiger charge is 2.35. The van der Waals surface area contributed by atoms with Crippen LogP contribution < -0.4 is 16.0 Å². The summed E-state index contributed by atoms with van der Waals surface area (Å²) in [6.45, 7) is 9.27. The van der Waals surface area contributed by atoms with Gasteiger partial charge in [-0.15, -0.1) is 0 Å². The first-order valence-electron chi connectivity index (χ1n) is 13.2. The van der Waals surface area contributed by atoms with Crippen molar-refractivity contribution in [1.82, 2.24) is 16.0 Å². The van der Waals surface area contributed by atoms with Crippen LogP contribution in [0.15, 0.2) is 24.3 Å². The fourth-order valence-electron chi connectivity index (χ4n) is 4.29. The number of cyclic esters (lactones) is 1. The Morgan fingerprint density at radius 2 is 1.73 bits per heavy atom. The Morgan fingerprint density at radius 1 is 1.03 bits per heavy atom. The van der Waals surface area contributed by atoms with E-state index < -0.39 is 47.9 Å². The van der Waals surface area contributed by atoms with Crippen LogP contribution in [-0.2, 0) is 30.3 Å². The fourth-order valence-corrected chi connectivity index (χ4v) is 4.29. The molecule has 1 aliphatic heterocycles. The van der Waals surface area contributed by atoms with Crippen LogP contribution in [-0.4, -0.2) is 47.9 Å². The van der Waals surface area contributed by atoms with Gasteiger partial charge < -0.3 is 20.7 Å². The van der Waals surface area contributed by atoms with E-state index in [0.29, 0.717) is 17.5 Å². The second-order valence-corrected chi connectivity index (χ2v) is 9.99. The monoisotopic (exact) mass is 512 g/mol. The molecule has 9 heteroatoms. The van der Waals surface area contributed by atoms with Gasteiger partial charge >= 0.3 is 5.97 Å². The summed E-state index contributed by atoms with van der Waals surface area (Å²) >= 11 is 0. The van der Waals surface area contributed by atoms with E-state index in [-0.39, 0.29) is 24.7 Å². The number of ether oxygens (including phenoxy) is 1. The minimum atomic E-state index is -1.02. The van der Waals surface area contributed by atoms with Gasteiger partial charge in [-0.3, -0.25) is 14.4 Å². The number of nitrogens with one attached hydrogen (secondary N) is 3. The Balaban J connectivity index is 2.42. The number of nitrogens with zero attached hydrogens (tertiary/aromatic N) is 1. The molecule has 0 aromatic heterocycles. The SMILES string of the molecule is CCCC[C@H](C)[C@H]1CC(=O)N[C@H](Cc2ccccc2C#N)C(=O)N[C@@H](C)C(=O)N[C@H]([C@@H](C)CC)C(=O)O1. The van der Waals surface area contributed by atoms with Crippen molar-refractivity contribution < 1.29 is 23.9 Å². The van der Waals surface area contributed by atoms with Gasteiger partial charge in [0.15, 0.2) is 0 Å². The fraction of sp³-hybridized carbons (Fsp3) is 0.607. The molecule has 1 aromatic carbocycles. The third-order valence-corrected chi connectivity index (χ3v) is 7.03. The third kappa shape index (κ3) is 8.59. The lowest BCUT2D eigenvalue weighted by molar-refractivity contribution is -0.158. The lowest BCUT2D eigenvalue weighted by Gasteiger charge is -2.29. The normalized spacial score (nSPS) is 25.1. The second kappa shape index (κ2) is 14.4. The van der Waals surface area contributed by atoms with E-state index in [4.69, 9.17) is 4.74 Å². The number of hydrogen-bond donors (Lipinski definition) is 3. The maximum atomic E-state index is 13.2. The molecule has 0 aliphatic carbocycles. The zero-order valence-electron chi connectivity index (χ0n) is 22.5. The summed E-state index contributed by atoms with van der Waals surface area (Å²) < 4.78 is 5.87. The first-order chi connectivity index (χ1) is 17.6. The summed E-state index contributed by atoms with van der Waals surface area (Å²) in [6.07, 6.45) is 2.50. The van der Waals surface area contributed by atoms with Crippen molar-refractivity contribution >= 4 is 23.7 Å². The van der Waals surface area contributed by atoms with Crippen LogP contribution in [0.5, 0.6) is 0 Å². The van der Waals surface area contributed by atoms with Gasteiger partial charge in [-0.25, -0.2) is 4.79 Å². The highest BCUT2D eigenvalue weighted by Crippen LogP contribution is 2.21. The first-order valence-corrected chi connectivity index (χ1v) is 13.2. The van der Waals surface area contributed by atoms with Crippen molar-refractivity contribution in [3.63, 3.8) is 0 Å². The maximum absolute atomic E-state index is 13.2. The van der Waals surface area contributed by atoms with Crippen molar-refractivity contribution in [3.05, 3.63) is 35.4 Å². The van der Waals surface area contributed by atoms with E-state index in [1.165, 1.54) is 6.92 Å². The van der Waals surface area contributed by atoms with Crippen molar-refractivity contribution in [3.8, 4) is 6.07 Å². The highest BCUT2D eigenvalue weighted by molar-refractivity contribution is 5.94. The van der Waals surface area contributed by atoms with Crippen molar-refractivity contribution in [2.75, 3.05) is 0 Å². The third-order valence-electron chi connectivity index (χ3n) is 7.03. The molecular weight excluding hydrogens is 472 g/mol. The minimum absolute atomic E-state index is 0.0704. The molecule has 0 saturated carbocycles. The van der Waals surface area contributed by atoms with E-state index in [9.17, 15) is 24.4 Å². The van der Waals surface area contributed by atoms with Crippen LogP contribution in [0.4, 0.5) is 0 Å². The standard InChI is InChI=1S/C28H40N4O5/c1-6-8-11-18(4)23-15-24(33)31-22(14-20-12-9-10-13-21(20)16-29)27(35)30-19(5)26(34)32-25(17(3)7-2)28(36)37-23/h9-10,12-13,17-19,22-23,25H,6-8,11,14-15H2,1-5H3,(H,30,35)(H,31,33)(H,32,34)/t17-,18-,19-,22+,23+,25+/m0/s1. The molecule has 3 amide bonds. The predicted molar refractivity (Wildman–Crippen MR) is 139 cm³/mol. The van der Waals surface area contributed by atoms with Crippen LogP contribution in [0.25, 0.3) is 0 Å². The van der Waals surface area contributed by atoms with Crippen LogP contribution in [0.2, 0.25) is 0 Å². The maximum Gasteiger partial charge on any atom is 0.329 e. The average Bonchev–Trinajstić information content (AvgIpc) is 2.88. The van der Waals surface area contributed by atoms with Gasteiger partial charge in [-0.1, -0.05) is 65.2 Å². The number of unbranched alkanes of at least 4 members (excludes halogenated alkanes) is 1. The zero-order chi connectivity index (χ0) is 27.5. The topological polar surface area (TPSA) is 137 Å². The number of carbonyl (C=O) groups is 4. The summed E-state index contributed by atoms with van der Waals surface area (Å²) in [5.74, 6) is -2.40. The molecule has 9 nitrogen and oxygen atoms in total. The average molecular weight is 513 g/mol. The molecular formula is C28H40N4O5. The summed E-state index contributed by atoms with van der Waals surface area (Å²) in [5.41, 5.74) is 0.998. The summed E-state index contributed by atoms with van der Waals surface area (Å²) in [6, 6.07) is 6.07. The van der Waals surface area contributed by atoms with Gasteiger partial charge in [-0.2, -0.15) is 5.26 Å². The Labute approximate surface area is 219 Å². The van der Waals surface area contributed by atoms with Gasteiger partial charge in [-0.05, 0) is 36.8 Å². The Kier molecular flexibility index (Phi) is 11.6. The highest BCUT2D eigenvalue weighted by atomic mass is 16.5. The van der Waals surface area contributed by atoms with Crippen LogP contribution in [0.1, 0.15) is 77.8 Å². The van der Waals surface area contributed by atoms with Crippen LogP contribution in [0.3, 0.4) is 0 Å². The number of rotatable bonds is 8. The van der Waals surface area contributed by atoms with Gasteiger partial charge in [0.1, 0.15) is 24.2 Å². The first kappa shape index (κ1) is 29.8. The molecule has 2 rings (SSSR count). The summed E-state index contributed by atoms with van der Waals surface area (Å²) in [7, 11) is 0. The molecule has 0 radical (unpaired) electrons. The Hall–Kier alpha value is -3.41. The molecule has 202 valence electrons. The lowest BCUT2D eigenvalue weighted by atomic mass is 9.94. The number of esters is 1. The summed E-state index contributed by atoms with van der Waals surface area (Å²) in [5, 5.41) is 17.6. The molecule has 1 fully saturated rings. The van der Waals surface area contributed by atoms with Crippen LogP contribution >= 0.6 is 0 Å². The molecule has 0 unspecified atom stereocenters. The number of hydrogen-bond acceptors (Lipinski definition) is 6. The molecule has 0 spiro atoms. The molecule has 37 heavy (non-hydrogen) atoms. The molecule has 0 bridgehead atoms.